The Labute approximate surface area is 220 Å². The molecular formula is C27H55NO7P+. The van der Waals surface area contributed by atoms with Crippen molar-refractivity contribution in [2.45, 2.75) is 109 Å². The van der Waals surface area contributed by atoms with E-state index in [1.165, 1.54) is 57.8 Å². The Morgan fingerprint density at radius 1 is 0.833 bits per heavy atom. The number of phosphoric acid groups is 1. The Kier molecular flexibility index (Phi) is 21.8. The molecule has 9 heteroatoms. The second-order valence-corrected chi connectivity index (χ2v) is 12.1. The van der Waals surface area contributed by atoms with Crippen LogP contribution in [-0.4, -0.2) is 74.1 Å². The van der Waals surface area contributed by atoms with E-state index in [-0.39, 0.29) is 19.2 Å². The highest BCUT2D eigenvalue weighted by Crippen LogP contribution is 2.43. The minimum atomic E-state index is -4.24. The first kappa shape index (κ1) is 35.2. The highest BCUT2D eigenvalue weighted by Gasteiger charge is 2.24. The topological polar surface area (TPSA) is 102 Å². The summed E-state index contributed by atoms with van der Waals surface area (Å²) in [6, 6.07) is 0. The maximum Gasteiger partial charge on any atom is 0.472 e. The number of carbonyl (C=O) groups excluding carboxylic acids is 1. The predicted octanol–water partition coefficient (Wildman–Crippen LogP) is 6.16. The lowest BCUT2D eigenvalue weighted by Gasteiger charge is -2.24. The van der Waals surface area contributed by atoms with Gasteiger partial charge < -0.3 is 19.2 Å². The Balaban J connectivity index is 3.57. The smallest absolute Gasteiger partial charge is 0.463 e. The van der Waals surface area contributed by atoms with E-state index in [1.807, 2.05) is 21.1 Å². The monoisotopic (exact) mass is 536 g/mol. The fourth-order valence-corrected chi connectivity index (χ4v) is 4.22. The minimum Gasteiger partial charge on any atom is -0.463 e. The highest BCUT2D eigenvalue weighted by molar-refractivity contribution is 7.47. The van der Waals surface area contributed by atoms with Crippen molar-refractivity contribution >= 4 is 13.8 Å². The highest BCUT2D eigenvalue weighted by atomic mass is 31.2. The molecule has 0 radical (unpaired) electrons. The van der Waals surface area contributed by atoms with E-state index in [4.69, 9.17) is 13.8 Å². The summed E-state index contributed by atoms with van der Waals surface area (Å²) < 4.78 is 27.0. The van der Waals surface area contributed by atoms with Gasteiger partial charge in [0.05, 0.1) is 27.7 Å². The molecule has 0 rings (SSSR count). The van der Waals surface area contributed by atoms with Gasteiger partial charge in [-0.3, -0.25) is 13.8 Å². The molecule has 1 unspecified atom stereocenters. The fraction of sp³-hybridized carbons (Fsp3) is 0.889. The van der Waals surface area contributed by atoms with Crippen LogP contribution in [0.2, 0.25) is 0 Å². The van der Waals surface area contributed by atoms with Crippen LogP contribution in [0, 0.1) is 0 Å². The van der Waals surface area contributed by atoms with Gasteiger partial charge in [0, 0.05) is 6.42 Å². The first-order valence-corrected chi connectivity index (χ1v) is 15.5. The molecule has 0 aliphatic heterocycles. The van der Waals surface area contributed by atoms with Gasteiger partial charge in [-0.25, -0.2) is 4.57 Å². The van der Waals surface area contributed by atoms with Gasteiger partial charge in [0.1, 0.15) is 25.9 Å². The molecule has 0 amide bonds. The van der Waals surface area contributed by atoms with Gasteiger partial charge in [-0.05, 0) is 32.1 Å². The van der Waals surface area contributed by atoms with Crippen LogP contribution in [0.1, 0.15) is 103 Å². The Morgan fingerprint density at radius 2 is 1.36 bits per heavy atom. The van der Waals surface area contributed by atoms with Crippen molar-refractivity contribution in [2.24, 2.45) is 0 Å². The molecule has 0 saturated heterocycles. The number of nitrogens with zero attached hydrogens (tertiary/aromatic N) is 1. The van der Waals surface area contributed by atoms with Crippen LogP contribution in [0.25, 0.3) is 0 Å². The minimum absolute atomic E-state index is 0.0539. The summed E-state index contributed by atoms with van der Waals surface area (Å²) in [5.74, 6) is -0.381. The number of unbranched alkanes of at least 4 members (excludes halogenated alkanes) is 12. The molecule has 0 aromatic heterocycles. The number of allylic oxidation sites excluding steroid dienone is 2. The van der Waals surface area contributed by atoms with E-state index in [9.17, 15) is 19.4 Å². The summed E-state index contributed by atoms with van der Waals surface area (Å²) in [6.07, 6.45) is 20.7. The van der Waals surface area contributed by atoms with E-state index in [0.717, 1.165) is 32.1 Å². The lowest BCUT2D eigenvalue weighted by Crippen LogP contribution is -2.37. The van der Waals surface area contributed by atoms with Crippen LogP contribution in [0.5, 0.6) is 0 Å². The zero-order valence-corrected chi connectivity index (χ0v) is 24.4. The molecule has 2 atom stereocenters. The number of carbonyl (C=O) groups is 1. The number of aliphatic hydroxyl groups excluding tert-OH is 1. The van der Waals surface area contributed by atoms with E-state index >= 15 is 0 Å². The zero-order chi connectivity index (χ0) is 27.1. The van der Waals surface area contributed by atoms with Gasteiger partial charge >= 0.3 is 13.8 Å². The molecular weight excluding hydrogens is 481 g/mol. The fourth-order valence-electron chi connectivity index (χ4n) is 3.47. The third kappa shape index (κ3) is 26.3. The van der Waals surface area contributed by atoms with Crippen LogP contribution in [-0.2, 0) is 23.1 Å². The standard InChI is InChI=1S/C27H54NO7P/c1-5-6-7-8-9-10-11-12-13-14-15-16-17-18-19-20-21-27(30)33-24-26(29)25-35-36(31,32)34-23-22-28(2,3)4/h13-14,26,29H,5-12,15-25H2,1-4H3/p+1/b14-13+/t26-/m1/s1. The molecule has 0 bridgehead atoms. The largest absolute Gasteiger partial charge is 0.472 e. The van der Waals surface area contributed by atoms with Crippen LogP contribution < -0.4 is 0 Å². The first-order chi connectivity index (χ1) is 17.1. The maximum atomic E-state index is 11.8. The molecule has 0 fully saturated rings. The third-order valence-electron chi connectivity index (χ3n) is 5.78. The van der Waals surface area contributed by atoms with Crippen molar-refractivity contribution in [2.75, 3.05) is 47.5 Å². The summed E-state index contributed by atoms with van der Waals surface area (Å²) in [6.45, 7) is 2.12. The Hall–Kier alpha value is -0.760. The van der Waals surface area contributed by atoms with Gasteiger partial charge in [-0.2, -0.15) is 0 Å². The van der Waals surface area contributed by atoms with Crippen LogP contribution >= 0.6 is 7.82 Å². The predicted molar refractivity (Wildman–Crippen MR) is 146 cm³/mol. The van der Waals surface area contributed by atoms with Gasteiger partial charge in [0.15, 0.2) is 0 Å². The molecule has 36 heavy (non-hydrogen) atoms. The van der Waals surface area contributed by atoms with Crippen molar-refractivity contribution in [1.29, 1.82) is 0 Å². The molecule has 2 N–H and O–H groups in total. The summed E-state index contributed by atoms with van der Waals surface area (Å²) in [7, 11) is 1.56. The third-order valence-corrected chi connectivity index (χ3v) is 6.76. The van der Waals surface area contributed by atoms with Crippen molar-refractivity contribution in [3.63, 3.8) is 0 Å². The van der Waals surface area contributed by atoms with Crippen molar-refractivity contribution in [3.05, 3.63) is 12.2 Å². The van der Waals surface area contributed by atoms with E-state index < -0.39 is 20.5 Å². The number of hydrogen-bond acceptors (Lipinski definition) is 6. The molecule has 0 heterocycles. The summed E-state index contributed by atoms with van der Waals surface area (Å²) in [5, 5.41) is 9.83. The summed E-state index contributed by atoms with van der Waals surface area (Å²) in [4.78, 5) is 21.4. The van der Waals surface area contributed by atoms with Gasteiger partial charge in [0.2, 0.25) is 0 Å². The van der Waals surface area contributed by atoms with Crippen LogP contribution in [0.3, 0.4) is 0 Å². The lowest BCUT2D eigenvalue weighted by atomic mass is 10.1. The number of quaternary nitrogens is 1. The van der Waals surface area contributed by atoms with Gasteiger partial charge in [-0.1, -0.05) is 76.9 Å². The van der Waals surface area contributed by atoms with Crippen molar-refractivity contribution in [3.8, 4) is 0 Å². The molecule has 0 spiro atoms. The number of aliphatic hydroxyl groups is 1. The van der Waals surface area contributed by atoms with E-state index in [0.29, 0.717) is 17.4 Å². The van der Waals surface area contributed by atoms with Crippen LogP contribution in [0.4, 0.5) is 0 Å². The second-order valence-electron chi connectivity index (χ2n) is 10.6. The number of ether oxygens (including phenoxy) is 1. The molecule has 214 valence electrons. The SMILES string of the molecule is CCCCCCCCC/C=C/CCCCCCCC(=O)OC[C@@H](O)COP(=O)(O)OCC[N+](C)(C)C. The summed E-state index contributed by atoms with van der Waals surface area (Å²) >= 11 is 0. The number of likely N-dealkylation sites (N-methyl/N-ethyl adjacent to an activating group) is 1. The molecule has 0 aliphatic rings. The maximum absolute atomic E-state index is 11.8. The first-order valence-electron chi connectivity index (χ1n) is 14.0. The molecule has 0 aliphatic carbocycles. The lowest BCUT2D eigenvalue weighted by molar-refractivity contribution is -0.870. The average Bonchev–Trinajstić information content (AvgIpc) is 2.80. The van der Waals surface area contributed by atoms with Crippen molar-refractivity contribution < 1.29 is 37.6 Å². The van der Waals surface area contributed by atoms with E-state index in [1.54, 1.807) is 0 Å². The molecule has 0 aromatic carbocycles. The normalized spacial score (nSPS) is 14.7. The average molecular weight is 537 g/mol. The second kappa shape index (κ2) is 22.2. The molecule has 0 aromatic rings. The quantitative estimate of drug-likeness (QED) is 0.0474. The number of rotatable bonds is 25. The zero-order valence-electron chi connectivity index (χ0n) is 23.5. The Bertz CT molecular complexity index is 607. The molecule has 0 saturated carbocycles. The van der Waals surface area contributed by atoms with E-state index in [2.05, 4.69) is 19.1 Å². The Morgan fingerprint density at radius 3 is 1.92 bits per heavy atom. The number of phosphoric ester groups is 1. The van der Waals surface area contributed by atoms with Gasteiger partial charge in [-0.15, -0.1) is 0 Å². The number of hydrogen-bond donors (Lipinski definition) is 2. The number of esters is 1. The van der Waals surface area contributed by atoms with Crippen LogP contribution in [0.15, 0.2) is 12.2 Å². The van der Waals surface area contributed by atoms with Gasteiger partial charge in [0.25, 0.3) is 0 Å². The van der Waals surface area contributed by atoms with Crippen molar-refractivity contribution in [1.82, 2.24) is 0 Å². The molecule has 8 nitrogen and oxygen atoms in total. The summed E-state index contributed by atoms with van der Waals surface area (Å²) in [5.41, 5.74) is 0.